The van der Waals surface area contributed by atoms with Gasteiger partial charge in [0.2, 0.25) is 0 Å². The van der Waals surface area contributed by atoms with Crippen LogP contribution in [0.2, 0.25) is 0 Å². The summed E-state index contributed by atoms with van der Waals surface area (Å²) in [5, 5.41) is 0.482. The van der Waals surface area contributed by atoms with Gasteiger partial charge in [0.05, 0.1) is 21.5 Å². The van der Waals surface area contributed by atoms with Gasteiger partial charge in [0, 0.05) is 24.3 Å². The van der Waals surface area contributed by atoms with Crippen LogP contribution < -0.4 is 46.7 Å². The second-order valence-electron chi connectivity index (χ2n) is 8.81. The first-order chi connectivity index (χ1) is 21.5. The minimum atomic E-state index is -6.00. The quantitative estimate of drug-likeness (QED) is 0.123. The van der Waals surface area contributed by atoms with Crippen LogP contribution in [0.1, 0.15) is 0 Å². The summed E-state index contributed by atoms with van der Waals surface area (Å²) in [6.45, 7) is 0. The van der Waals surface area contributed by atoms with E-state index in [-0.39, 0.29) is 87.0 Å². The van der Waals surface area contributed by atoms with E-state index in [0.29, 0.717) is 0 Å². The summed E-state index contributed by atoms with van der Waals surface area (Å²) in [5.41, 5.74) is -8.93. The predicted octanol–water partition coefficient (Wildman–Crippen LogP) is 4.18. The maximum Gasteiger partial charge on any atom is 1.00 e. The Morgan fingerprint density at radius 2 is 0.620 bits per heavy atom. The van der Waals surface area contributed by atoms with Crippen LogP contribution in [0, 0.1) is 23.3 Å². The van der Waals surface area contributed by atoms with E-state index >= 15 is 0 Å². The van der Waals surface area contributed by atoms with Crippen molar-refractivity contribution in [2.24, 2.45) is 0 Å². The van der Waals surface area contributed by atoms with Crippen molar-refractivity contribution in [3.05, 3.63) is 96.1 Å². The molecule has 2 heterocycles. The van der Waals surface area contributed by atoms with Crippen molar-refractivity contribution in [3.63, 3.8) is 0 Å². The Balaban J connectivity index is 0.000000739. The zero-order chi connectivity index (χ0) is 35.6. The topological polar surface area (TPSA) is 0 Å². The van der Waals surface area contributed by atoms with Crippen molar-refractivity contribution in [2.45, 2.75) is 11.0 Å². The molecular formula is C26H12B2ClF18NaS2. The number of rotatable bonds is 0. The van der Waals surface area contributed by atoms with Crippen molar-refractivity contribution in [1.29, 1.82) is 0 Å². The Kier molecular flexibility index (Phi) is 17.4. The van der Waals surface area contributed by atoms with Crippen molar-refractivity contribution < 1.29 is 121 Å². The minimum absolute atomic E-state index is 0. The van der Waals surface area contributed by atoms with Crippen molar-refractivity contribution in [2.75, 3.05) is 0 Å². The molecule has 0 nitrogen and oxygen atoms in total. The first kappa shape index (κ1) is 47.5. The van der Waals surface area contributed by atoms with E-state index in [9.17, 15) is 74.1 Å². The molecule has 0 saturated carbocycles. The summed E-state index contributed by atoms with van der Waals surface area (Å²) in [4.78, 5) is 0. The van der Waals surface area contributed by atoms with E-state index in [0.717, 1.165) is 72.8 Å². The monoisotopic (exact) mass is 810 g/mol. The van der Waals surface area contributed by atoms with Crippen molar-refractivity contribution in [3.8, 4) is 0 Å². The molecule has 0 bridgehead atoms. The number of benzene rings is 4. The van der Waals surface area contributed by atoms with Crippen LogP contribution in [-0.2, 0) is 11.0 Å². The molecule has 0 spiro atoms. The SMILES string of the molecule is FB(F)F.F[B-](F)(F)F.Fc1ccc2c(c1)c1cc(F)ccc1[s+]2C(F)(F)F.Fc1ccc2c(c1)c1cc(F)ccc1[s+]2C(F)(F)F.[Cl-].[F-].[Na+]. The minimum Gasteiger partial charge on any atom is -1.00 e. The summed E-state index contributed by atoms with van der Waals surface area (Å²) >= 11 is 0. The third kappa shape index (κ3) is 12.3. The average molecular weight is 811 g/mol. The van der Waals surface area contributed by atoms with E-state index < -0.39 is 70.0 Å². The van der Waals surface area contributed by atoms with Crippen molar-refractivity contribution in [1.82, 2.24) is 0 Å². The van der Waals surface area contributed by atoms with Gasteiger partial charge in [-0.05, 0) is 48.5 Å². The normalized spacial score (nSPS) is 11.2. The average Bonchev–Trinajstić information content (AvgIpc) is 3.39. The Labute approximate surface area is 302 Å². The number of hydrogen-bond donors (Lipinski definition) is 0. The van der Waals surface area contributed by atoms with E-state index in [1.165, 1.54) is 0 Å². The maximum atomic E-state index is 13.2. The third-order valence-electron chi connectivity index (χ3n) is 5.69. The molecule has 268 valence electrons. The zero-order valence-electron chi connectivity index (χ0n) is 24.1. The van der Waals surface area contributed by atoms with Gasteiger partial charge in [0.1, 0.15) is 44.2 Å². The fourth-order valence-corrected chi connectivity index (χ4v) is 8.14. The molecule has 0 radical (unpaired) electrons. The molecule has 24 heteroatoms. The molecule has 0 aliphatic rings. The van der Waals surface area contributed by atoms with Crippen LogP contribution in [0.3, 0.4) is 0 Å². The molecule has 0 unspecified atom stereocenters. The van der Waals surface area contributed by atoms with Crippen molar-refractivity contribution >= 4 is 76.1 Å². The largest absolute Gasteiger partial charge is 1.00 e. The summed E-state index contributed by atoms with van der Waals surface area (Å²) in [7, 11) is -14.0. The van der Waals surface area contributed by atoms with E-state index in [2.05, 4.69) is 0 Å². The molecule has 0 amide bonds. The zero-order valence-corrected chi connectivity index (χ0v) is 28.5. The summed E-state index contributed by atoms with van der Waals surface area (Å²) in [5.74, 6) is -2.55. The van der Waals surface area contributed by atoms with Gasteiger partial charge in [0.25, 0.3) is 0 Å². The molecule has 50 heavy (non-hydrogen) atoms. The molecule has 0 aliphatic heterocycles. The first-order valence-corrected chi connectivity index (χ1v) is 14.5. The van der Waals surface area contributed by atoms with Gasteiger partial charge in [-0.1, -0.05) is 0 Å². The predicted molar refractivity (Wildman–Crippen MR) is 150 cm³/mol. The molecule has 0 fully saturated rings. The molecule has 2 aromatic heterocycles. The molecule has 6 aromatic rings. The van der Waals surface area contributed by atoms with Crippen LogP contribution in [0.15, 0.2) is 72.8 Å². The fraction of sp³-hybridized carbons (Fsp3) is 0.0769. The third-order valence-corrected chi connectivity index (χ3v) is 9.80. The smallest absolute Gasteiger partial charge is 1.00 e. The van der Waals surface area contributed by atoms with Crippen LogP contribution in [0.25, 0.3) is 40.3 Å². The van der Waals surface area contributed by atoms with Gasteiger partial charge < -0.3 is 34.4 Å². The van der Waals surface area contributed by atoms with Gasteiger partial charge in [-0.2, -0.15) is 0 Å². The van der Waals surface area contributed by atoms with Gasteiger partial charge in [0.15, 0.2) is 18.8 Å². The summed E-state index contributed by atoms with van der Waals surface area (Å²) in [6.07, 6.45) is 0. The van der Waals surface area contributed by atoms with E-state index in [4.69, 9.17) is 0 Å². The van der Waals surface area contributed by atoms with E-state index in [1.807, 2.05) is 0 Å². The van der Waals surface area contributed by atoms with Crippen LogP contribution in [0.4, 0.5) is 74.1 Å². The van der Waals surface area contributed by atoms with Crippen LogP contribution >= 0.6 is 20.9 Å². The number of alkyl halides is 6. The Morgan fingerprint density at radius 1 is 0.460 bits per heavy atom. The Bertz CT molecular complexity index is 1760. The Hall–Kier alpha value is -2.52. The molecule has 0 saturated heterocycles. The van der Waals surface area contributed by atoms with Crippen LogP contribution in [-0.4, -0.2) is 14.8 Å². The molecule has 0 atom stereocenters. The first-order valence-electron chi connectivity index (χ1n) is 12.1. The molecule has 4 aromatic carbocycles. The second-order valence-corrected chi connectivity index (χ2v) is 12.7. The molecular weight excluding hydrogens is 798 g/mol. The number of thiophene rings is 2. The van der Waals surface area contributed by atoms with Gasteiger partial charge >= 0.3 is 55.4 Å². The molecule has 6 rings (SSSR count). The van der Waals surface area contributed by atoms with Gasteiger partial charge in [-0.15, -0.1) is 26.3 Å². The number of hydrogen-bond acceptors (Lipinski definition) is 0. The van der Waals surface area contributed by atoms with E-state index in [1.54, 1.807) is 0 Å². The summed E-state index contributed by atoms with van der Waals surface area (Å²) < 4.78 is 200. The Morgan fingerprint density at radius 3 is 0.760 bits per heavy atom. The molecule has 0 aliphatic carbocycles. The summed E-state index contributed by atoms with van der Waals surface area (Å²) in [6, 6.07) is 12.5. The molecule has 0 N–H and O–H groups in total. The maximum absolute atomic E-state index is 13.2. The van der Waals surface area contributed by atoms with Gasteiger partial charge in [-0.3, -0.25) is 12.9 Å². The second kappa shape index (κ2) is 18.3. The number of halogens is 19. The number of fused-ring (bicyclic) bond motifs is 6. The fourth-order valence-electron chi connectivity index (χ4n) is 4.30. The van der Waals surface area contributed by atoms with Gasteiger partial charge in [-0.25, -0.2) is 17.6 Å². The van der Waals surface area contributed by atoms with Crippen LogP contribution in [0.5, 0.6) is 0 Å². The standard InChI is InChI=1S/2C13H6F5S.BF4.BF3.ClH.FH.Na/c2*14-7-1-3-11-9(5-7)10-6-8(15)2-4-12(10)19(11)13(16,17)18;2-1(3,4)5;2-1(3)4;;;/h2*1-6H;;;2*1H;/q2*+1;-1;;;;+1/p-2.